The molecule has 0 aliphatic heterocycles. The first-order valence-electron chi connectivity index (χ1n) is 9.11. The van der Waals surface area contributed by atoms with Crippen LogP contribution in [0.5, 0.6) is 0 Å². The van der Waals surface area contributed by atoms with Gasteiger partial charge in [-0.1, -0.05) is 6.07 Å². The van der Waals surface area contributed by atoms with Gasteiger partial charge in [-0.15, -0.1) is 0 Å². The van der Waals surface area contributed by atoms with Crippen molar-refractivity contribution in [2.45, 2.75) is 33.1 Å². The third-order valence-electron chi connectivity index (χ3n) is 3.80. The SMILES string of the molecule is CCNC(=NCCC(=O)Nc1ccc(C)cn1)NCCNC(=O)C1CC1. The zero-order valence-electron chi connectivity index (χ0n) is 15.5. The van der Waals surface area contributed by atoms with Crippen LogP contribution in [0.3, 0.4) is 0 Å². The van der Waals surface area contributed by atoms with Gasteiger partial charge in [0.05, 0.1) is 6.54 Å². The molecule has 1 heterocycles. The number of nitrogens with one attached hydrogen (secondary N) is 4. The molecule has 2 rings (SSSR count). The number of amides is 2. The second-order valence-corrected chi connectivity index (χ2v) is 6.27. The lowest BCUT2D eigenvalue weighted by molar-refractivity contribution is -0.122. The monoisotopic (exact) mass is 360 g/mol. The van der Waals surface area contributed by atoms with Gasteiger partial charge in [-0.3, -0.25) is 14.6 Å². The van der Waals surface area contributed by atoms with E-state index < -0.39 is 0 Å². The Morgan fingerprint density at radius 1 is 1.19 bits per heavy atom. The van der Waals surface area contributed by atoms with Gasteiger partial charge in [0.1, 0.15) is 5.82 Å². The number of hydrogen-bond acceptors (Lipinski definition) is 4. The molecule has 1 aliphatic carbocycles. The van der Waals surface area contributed by atoms with Crippen LogP contribution in [0.25, 0.3) is 0 Å². The van der Waals surface area contributed by atoms with Crippen LogP contribution in [0, 0.1) is 12.8 Å². The fourth-order valence-electron chi connectivity index (χ4n) is 2.21. The Balaban J connectivity index is 1.66. The van der Waals surface area contributed by atoms with E-state index in [9.17, 15) is 9.59 Å². The lowest BCUT2D eigenvalue weighted by Gasteiger charge is -2.11. The lowest BCUT2D eigenvalue weighted by atomic mass is 10.3. The minimum atomic E-state index is -0.127. The van der Waals surface area contributed by atoms with Gasteiger partial charge in [-0.25, -0.2) is 4.98 Å². The van der Waals surface area contributed by atoms with E-state index in [2.05, 4.69) is 31.2 Å². The highest BCUT2D eigenvalue weighted by molar-refractivity contribution is 5.90. The van der Waals surface area contributed by atoms with Gasteiger partial charge in [-0.05, 0) is 38.3 Å². The van der Waals surface area contributed by atoms with Crippen molar-refractivity contribution in [2.24, 2.45) is 10.9 Å². The molecular formula is C18H28N6O2. The smallest absolute Gasteiger partial charge is 0.227 e. The van der Waals surface area contributed by atoms with Gasteiger partial charge in [0.2, 0.25) is 11.8 Å². The summed E-state index contributed by atoms with van der Waals surface area (Å²) in [5, 5.41) is 11.9. The normalized spacial score (nSPS) is 13.8. The van der Waals surface area contributed by atoms with Gasteiger partial charge in [0, 0.05) is 38.2 Å². The number of nitrogens with zero attached hydrogens (tertiary/aromatic N) is 2. The molecule has 1 aromatic heterocycles. The van der Waals surface area contributed by atoms with E-state index in [1.807, 2.05) is 19.9 Å². The van der Waals surface area contributed by atoms with E-state index in [0.717, 1.165) is 24.9 Å². The molecule has 26 heavy (non-hydrogen) atoms. The van der Waals surface area contributed by atoms with E-state index in [1.54, 1.807) is 12.3 Å². The van der Waals surface area contributed by atoms with Crippen LogP contribution in [0.1, 0.15) is 31.7 Å². The van der Waals surface area contributed by atoms with Crippen molar-refractivity contribution < 1.29 is 9.59 Å². The molecular weight excluding hydrogens is 332 g/mol. The maximum absolute atomic E-state index is 11.9. The molecule has 0 radical (unpaired) electrons. The molecule has 0 unspecified atom stereocenters. The predicted octanol–water partition coefficient (Wildman–Crippen LogP) is 0.800. The zero-order chi connectivity index (χ0) is 18.8. The first kappa shape index (κ1) is 19.7. The first-order chi connectivity index (χ1) is 12.6. The number of aromatic nitrogens is 1. The second kappa shape index (κ2) is 10.4. The number of carbonyl (C=O) groups excluding carboxylic acids is 2. The summed E-state index contributed by atoms with van der Waals surface area (Å²) >= 11 is 0. The molecule has 8 heteroatoms. The summed E-state index contributed by atoms with van der Waals surface area (Å²) in [7, 11) is 0. The highest BCUT2D eigenvalue weighted by Gasteiger charge is 2.28. The molecule has 8 nitrogen and oxygen atoms in total. The van der Waals surface area contributed by atoms with Crippen LogP contribution in [0.15, 0.2) is 23.3 Å². The summed E-state index contributed by atoms with van der Waals surface area (Å²) in [5.74, 6) is 1.40. The summed E-state index contributed by atoms with van der Waals surface area (Å²) in [4.78, 5) is 32.0. The highest BCUT2D eigenvalue weighted by Crippen LogP contribution is 2.28. The third-order valence-corrected chi connectivity index (χ3v) is 3.80. The molecule has 0 aromatic carbocycles. The van der Waals surface area contributed by atoms with Crippen LogP contribution in [0.4, 0.5) is 5.82 Å². The van der Waals surface area contributed by atoms with Gasteiger partial charge in [0.15, 0.2) is 5.96 Å². The van der Waals surface area contributed by atoms with E-state index in [0.29, 0.717) is 31.4 Å². The maximum Gasteiger partial charge on any atom is 0.227 e. The number of aryl methyl sites for hydroxylation is 1. The van der Waals surface area contributed by atoms with Crippen molar-refractivity contribution in [3.05, 3.63) is 23.9 Å². The van der Waals surface area contributed by atoms with Crippen LogP contribution >= 0.6 is 0 Å². The lowest BCUT2D eigenvalue weighted by Crippen LogP contribution is -2.41. The number of pyridine rings is 1. The Bertz CT molecular complexity index is 625. The van der Waals surface area contributed by atoms with Crippen LogP contribution in [-0.4, -0.2) is 48.9 Å². The van der Waals surface area contributed by atoms with Crippen LogP contribution in [0.2, 0.25) is 0 Å². The Morgan fingerprint density at radius 3 is 2.62 bits per heavy atom. The summed E-state index contributed by atoms with van der Waals surface area (Å²) in [6.45, 7) is 6.14. The number of anilines is 1. The van der Waals surface area contributed by atoms with Crippen molar-refractivity contribution in [2.75, 3.05) is 31.5 Å². The summed E-state index contributed by atoms with van der Waals surface area (Å²) in [5.41, 5.74) is 1.04. The number of aliphatic imine (C=N–C) groups is 1. The van der Waals surface area contributed by atoms with E-state index in [-0.39, 0.29) is 24.2 Å². The van der Waals surface area contributed by atoms with Gasteiger partial charge < -0.3 is 21.3 Å². The minimum absolute atomic E-state index is 0.127. The maximum atomic E-state index is 11.9. The third kappa shape index (κ3) is 7.50. The standard InChI is InChI=1S/C18H28N6O2/c1-3-19-18(22-11-10-20-17(26)14-5-6-14)21-9-8-16(25)24-15-7-4-13(2)12-23-15/h4,7,12,14H,3,5-6,8-11H2,1-2H3,(H,20,26)(H2,19,21,22)(H,23,24,25). The molecule has 1 aromatic rings. The Kier molecular flexibility index (Phi) is 7.85. The molecule has 1 fully saturated rings. The van der Waals surface area contributed by atoms with Crippen molar-refractivity contribution in [1.82, 2.24) is 20.9 Å². The number of rotatable bonds is 9. The molecule has 0 atom stereocenters. The van der Waals surface area contributed by atoms with Crippen LogP contribution in [-0.2, 0) is 9.59 Å². The summed E-state index contributed by atoms with van der Waals surface area (Å²) in [6.07, 6.45) is 3.99. The molecule has 0 saturated heterocycles. The van der Waals surface area contributed by atoms with Crippen molar-refractivity contribution in [1.29, 1.82) is 0 Å². The fourth-order valence-corrected chi connectivity index (χ4v) is 2.21. The molecule has 2 amide bonds. The number of carbonyl (C=O) groups is 2. The molecule has 0 bridgehead atoms. The zero-order valence-corrected chi connectivity index (χ0v) is 15.5. The highest BCUT2D eigenvalue weighted by atomic mass is 16.2. The van der Waals surface area contributed by atoms with Crippen LogP contribution < -0.4 is 21.3 Å². The van der Waals surface area contributed by atoms with Gasteiger partial charge in [-0.2, -0.15) is 0 Å². The summed E-state index contributed by atoms with van der Waals surface area (Å²) < 4.78 is 0. The Hall–Kier alpha value is -2.64. The van der Waals surface area contributed by atoms with E-state index in [1.165, 1.54) is 0 Å². The number of guanidine groups is 1. The number of hydrogen-bond donors (Lipinski definition) is 4. The van der Waals surface area contributed by atoms with E-state index >= 15 is 0 Å². The van der Waals surface area contributed by atoms with E-state index in [4.69, 9.17) is 0 Å². The Labute approximate surface area is 154 Å². The quantitative estimate of drug-likeness (QED) is 0.296. The molecule has 142 valence electrons. The summed E-state index contributed by atoms with van der Waals surface area (Å²) in [6, 6.07) is 3.67. The molecule has 4 N–H and O–H groups in total. The largest absolute Gasteiger partial charge is 0.357 e. The van der Waals surface area contributed by atoms with Crippen molar-refractivity contribution >= 4 is 23.6 Å². The average molecular weight is 360 g/mol. The topological polar surface area (TPSA) is 108 Å². The first-order valence-corrected chi connectivity index (χ1v) is 9.11. The minimum Gasteiger partial charge on any atom is -0.357 e. The van der Waals surface area contributed by atoms with Gasteiger partial charge >= 0.3 is 0 Å². The fraction of sp³-hybridized carbons (Fsp3) is 0.556. The van der Waals surface area contributed by atoms with Crippen molar-refractivity contribution in [3.8, 4) is 0 Å². The molecule has 0 spiro atoms. The average Bonchev–Trinajstić information content (AvgIpc) is 3.45. The van der Waals surface area contributed by atoms with Gasteiger partial charge in [0.25, 0.3) is 0 Å². The second-order valence-electron chi connectivity index (χ2n) is 6.27. The molecule has 1 saturated carbocycles. The Morgan fingerprint density at radius 2 is 1.96 bits per heavy atom. The van der Waals surface area contributed by atoms with Crippen molar-refractivity contribution in [3.63, 3.8) is 0 Å². The molecule has 1 aliphatic rings. The predicted molar refractivity (Wildman–Crippen MR) is 102 cm³/mol.